The lowest BCUT2D eigenvalue weighted by atomic mass is 9.91. The van der Waals surface area contributed by atoms with Crippen molar-refractivity contribution in [2.45, 2.75) is 37.8 Å². The smallest absolute Gasteiger partial charge is 0.203 e. The van der Waals surface area contributed by atoms with Crippen molar-refractivity contribution in [2.75, 3.05) is 11.9 Å². The Morgan fingerprint density at radius 2 is 1.94 bits per heavy atom. The zero-order valence-electron chi connectivity index (χ0n) is 10.8. The molecule has 3 rings (SSSR count). The van der Waals surface area contributed by atoms with Crippen LogP contribution in [0.4, 0.5) is 5.95 Å². The lowest BCUT2D eigenvalue weighted by Crippen LogP contribution is -2.39. The van der Waals surface area contributed by atoms with Crippen LogP contribution in [0.5, 0.6) is 0 Å². The molecule has 18 heavy (non-hydrogen) atoms. The fourth-order valence-corrected chi connectivity index (χ4v) is 2.77. The number of H-pyrrole nitrogens is 1. The second-order valence-electron chi connectivity index (χ2n) is 5.26. The fraction of sp³-hybridized carbons (Fsp3) is 0.500. The van der Waals surface area contributed by atoms with Crippen LogP contribution in [0.15, 0.2) is 24.3 Å². The average Bonchev–Trinajstić information content (AvgIpc) is 2.82. The van der Waals surface area contributed by atoms with Crippen LogP contribution in [0.2, 0.25) is 0 Å². The molecule has 0 bridgehead atoms. The van der Waals surface area contributed by atoms with E-state index in [2.05, 4.69) is 28.0 Å². The van der Waals surface area contributed by atoms with Crippen LogP contribution in [0.1, 0.15) is 25.7 Å². The van der Waals surface area contributed by atoms with Gasteiger partial charge < -0.3 is 15.6 Å². The number of rotatable bonds is 2. The molecule has 1 aliphatic carbocycles. The first kappa shape index (κ1) is 11.5. The van der Waals surface area contributed by atoms with E-state index >= 15 is 0 Å². The fourth-order valence-electron chi connectivity index (χ4n) is 2.77. The summed E-state index contributed by atoms with van der Waals surface area (Å²) in [5.41, 5.74) is 8.09. The molecule has 0 radical (unpaired) electrons. The minimum Gasteiger partial charge on any atom is -0.342 e. The summed E-state index contributed by atoms with van der Waals surface area (Å²) in [6.07, 6.45) is 4.56. The summed E-state index contributed by atoms with van der Waals surface area (Å²) < 4.78 is 0. The molecule has 0 saturated heterocycles. The molecule has 1 fully saturated rings. The summed E-state index contributed by atoms with van der Waals surface area (Å²) in [4.78, 5) is 10.3. The zero-order chi connectivity index (χ0) is 12.5. The van der Waals surface area contributed by atoms with Crippen molar-refractivity contribution in [3.8, 4) is 0 Å². The molecular weight excluding hydrogens is 224 g/mol. The summed E-state index contributed by atoms with van der Waals surface area (Å²) in [5.74, 6) is 0.969. The maximum Gasteiger partial charge on any atom is 0.203 e. The second kappa shape index (κ2) is 4.61. The molecule has 3 N–H and O–H groups in total. The van der Waals surface area contributed by atoms with Gasteiger partial charge in [-0.25, -0.2) is 4.98 Å². The number of benzene rings is 1. The summed E-state index contributed by atoms with van der Waals surface area (Å²) in [6, 6.07) is 9.11. The molecule has 1 heterocycles. The van der Waals surface area contributed by atoms with Gasteiger partial charge in [-0.2, -0.15) is 0 Å². The van der Waals surface area contributed by atoms with E-state index in [0.29, 0.717) is 12.1 Å². The highest BCUT2D eigenvalue weighted by molar-refractivity contribution is 5.77. The zero-order valence-corrected chi connectivity index (χ0v) is 10.8. The first-order valence-electron chi connectivity index (χ1n) is 6.67. The van der Waals surface area contributed by atoms with Gasteiger partial charge in [0.25, 0.3) is 0 Å². The number of hydrogen-bond donors (Lipinski definition) is 2. The molecule has 1 aromatic heterocycles. The van der Waals surface area contributed by atoms with Crippen molar-refractivity contribution in [1.29, 1.82) is 0 Å². The highest BCUT2D eigenvalue weighted by atomic mass is 15.3. The maximum atomic E-state index is 5.96. The van der Waals surface area contributed by atoms with Gasteiger partial charge in [0.05, 0.1) is 11.0 Å². The largest absolute Gasteiger partial charge is 0.342 e. The molecule has 0 amide bonds. The Bertz CT molecular complexity index is 492. The highest BCUT2D eigenvalue weighted by Crippen LogP contribution is 2.25. The summed E-state index contributed by atoms with van der Waals surface area (Å²) >= 11 is 0. The molecule has 4 heteroatoms. The Hall–Kier alpha value is -1.55. The number of imidazole rings is 1. The number of hydrogen-bond acceptors (Lipinski definition) is 3. The van der Waals surface area contributed by atoms with Crippen molar-refractivity contribution in [1.82, 2.24) is 9.97 Å². The predicted octanol–water partition coefficient (Wildman–Crippen LogP) is 2.27. The van der Waals surface area contributed by atoms with Gasteiger partial charge in [0, 0.05) is 19.1 Å². The van der Waals surface area contributed by atoms with Crippen LogP contribution < -0.4 is 10.6 Å². The van der Waals surface area contributed by atoms with Crippen LogP contribution in [0.3, 0.4) is 0 Å². The maximum absolute atomic E-state index is 5.96. The van der Waals surface area contributed by atoms with E-state index in [1.54, 1.807) is 0 Å². The number of anilines is 1. The first-order chi connectivity index (χ1) is 8.74. The molecule has 96 valence electrons. The second-order valence-corrected chi connectivity index (χ2v) is 5.26. The minimum absolute atomic E-state index is 0.394. The third kappa shape index (κ3) is 2.08. The molecule has 0 unspecified atom stereocenters. The molecule has 0 spiro atoms. The molecule has 1 saturated carbocycles. The van der Waals surface area contributed by atoms with Crippen molar-refractivity contribution in [3.63, 3.8) is 0 Å². The topological polar surface area (TPSA) is 57.9 Å². The molecule has 2 aromatic rings. The number of nitrogens with zero attached hydrogens (tertiary/aromatic N) is 2. The number of nitrogens with two attached hydrogens (primary N) is 1. The van der Waals surface area contributed by atoms with Gasteiger partial charge in [0.2, 0.25) is 5.95 Å². The Morgan fingerprint density at radius 1 is 1.22 bits per heavy atom. The van der Waals surface area contributed by atoms with E-state index in [1.165, 1.54) is 0 Å². The Balaban J connectivity index is 1.81. The molecule has 1 aromatic carbocycles. The quantitative estimate of drug-likeness (QED) is 0.852. The SMILES string of the molecule is CN(c1nc2ccccc2[nH]1)C1CCC(N)CC1. The number of para-hydroxylation sites is 2. The van der Waals surface area contributed by atoms with Gasteiger partial charge in [0.15, 0.2) is 0 Å². The third-order valence-electron chi connectivity index (χ3n) is 4.00. The summed E-state index contributed by atoms with van der Waals surface area (Å²) in [6.45, 7) is 0. The number of aromatic nitrogens is 2. The van der Waals surface area contributed by atoms with Crippen LogP contribution in [0, 0.1) is 0 Å². The summed E-state index contributed by atoms with van der Waals surface area (Å²) in [7, 11) is 2.12. The molecule has 1 aliphatic rings. The molecule has 4 nitrogen and oxygen atoms in total. The van der Waals surface area contributed by atoms with Gasteiger partial charge in [-0.3, -0.25) is 0 Å². The van der Waals surface area contributed by atoms with Crippen LogP contribution in [0.25, 0.3) is 11.0 Å². The number of nitrogens with one attached hydrogen (secondary N) is 1. The lowest BCUT2D eigenvalue weighted by molar-refractivity contribution is 0.383. The Kier molecular flexibility index (Phi) is 2.96. The van der Waals surface area contributed by atoms with Gasteiger partial charge in [-0.15, -0.1) is 0 Å². The summed E-state index contributed by atoms with van der Waals surface area (Å²) in [5, 5.41) is 0. The standard InChI is InChI=1S/C14H20N4/c1-18(11-8-6-10(15)7-9-11)14-16-12-4-2-3-5-13(12)17-14/h2-5,10-11H,6-9,15H2,1H3,(H,16,17). The highest BCUT2D eigenvalue weighted by Gasteiger charge is 2.23. The van der Waals surface area contributed by atoms with Gasteiger partial charge >= 0.3 is 0 Å². The van der Waals surface area contributed by atoms with Gasteiger partial charge in [-0.1, -0.05) is 12.1 Å². The molecule has 0 atom stereocenters. The van der Waals surface area contributed by atoms with Gasteiger partial charge in [0.1, 0.15) is 0 Å². The molecule has 0 aliphatic heterocycles. The van der Waals surface area contributed by atoms with Crippen molar-refractivity contribution >= 4 is 17.0 Å². The van der Waals surface area contributed by atoms with Crippen LogP contribution in [-0.2, 0) is 0 Å². The van der Waals surface area contributed by atoms with Crippen LogP contribution in [-0.4, -0.2) is 29.1 Å². The average molecular weight is 244 g/mol. The Labute approximate surface area is 107 Å². The van der Waals surface area contributed by atoms with E-state index in [-0.39, 0.29) is 0 Å². The van der Waals surface area contributed by atoms with Crippen molar-refractivity contribution in [3.05, 3.63) is 24.3 Å². The number of fused-ring (bicyclic) bond motifs is 1. The minimum atomic E-state index is 0.394. The van der Waals surface area contributed by atoms with Crippen molar-refractivity contribution < 1.29 is 0 Å². The van der Waals surface area contributed by atoms with Gasteiger partial charge in [-0.05, 0) is 37.8 Å². The first-order valence-corrected chi connectivity index (χ1v) is 6.67. The van der Waals surface area contributed by atoms with E-state index in [4.69, 9.17) is 5.73 Å². The third-order valence-corrected chi connectivity index (χ3v) is 4.00. The van der Waals surface area contributed by atoms with E-state index in [9.17, 15) is 0 Å². The normalized spacial score (nSPS) is 24.3. The predicted molar refractivity (Wildman–Crippen MR) is 74.7 cm³/mol. The van der Waals surface area contributed by atoms with E-state index in [1.807, 2.05) is 18.2 Å². The van der Waals surface area contributed by atoms with Crippen LogP contribution >= 0.6 is 0 Å². The van der Waals surface area contributed by atoms with Crippen molar-refractivity contribution in [2.24, 2.45) is 5.73 Å². The molecular formula is C14H20N4. The monoisotopic (exact) mass is 244 g/mol. The Morgan fingerprint density at radius 3 is 2.67 bits per heavy atom. The van der Waals surface area contributed by atoms with E-state index in [0.717, 1.165) is 42.7 Å². The van der Waals surface area contributed by atoms with E-state index < -0.39 is 0 Å². The number of aromatic amines is 1. The lowest BCUT2D eigenvalue weighted by Gasteiger charge is -2.33.